The van der Waals surface area contributed by atoms with Crippen LogP contribution in [0.15, 0.2) is 17.2 Å². The number of rotatable bonds is 3. The molecule has 0 saturated carbocycles. The summed E-state index contributed by atoms with van der Waals surface area (Å²) in [6.45, 7) is 3.31. The minimum absolute atomic E-state index is 0.0238. The Bertz CT molecular complexity index is 533. The second-order valence-corrected chi connectivity index (χ2v) is 5.58. The van der Waals surface area contributed by atoms with Gasteiger partial charge in [0.2, 0.25) is 0 Å². The Morgan fingerprint density at radius 2 is 2.14 bits per heavy atom. The van der Waals surface area contributed by atoms with Gasteiger partial charge >= 0.3 is 0 Å². The second kappa shape index (κ2) is 6.36. The molecule has 7 heteroatoms. The van der Waals surface area contributed by atoms with Crippen LogP contribution in [-0.4, -0.2) is 59.2 Å². The normalized spacial score (nSPS) is 26.7. The summed E-state index contributed by atoms with van der Waals surface area (Å²) in [6, 6.07) is 0.210. The molecule has 114 valence electrons. The van der Waals surface area contributed by atoms with Crippen LogP contribution in [0.1, 0.15) is 29.8 Å². The Labute approximate surface area is 122 Å². The van der Waals surface area contributed by atoms with Crippen LogP contribution in [0.4, 0.5) is 0 Å². The van der Waals surface area contributed by atoms with E-state index in [9.17, 15) is 9.59 Å². The molecule has 7 nitrogen and oxygen atoms in total. The molecule has 1 amide bonds. The van der Waals surface area contributed by atoms with Crippen molar-refractivity contribution >= 4 is 5.91 Å². The van der Waals surface area contributed by atoms with Crippen LogP contribution in [0.3, 0.4) is 0 Å². The summed E-state index contributed by atoms with van der Waals surface area (Å²) in [7, 11) is 0. The van der Waals surface area contributed by atoms with Gasteiger partial charge in [0, 0.05) is 6.20 Å². The lowest BCUT2D eigenvalue weighted by Gasteiger charge is -2.34. The van der Waals surface area contributed by atoms with Gasteiger partial charge in [-0.2, -0.15) is 0 Å². The third kappa shape index (κ3) is 3.30. The van der Waals surface area contributed by atoms with Crippen molar-refractivity contribution in [3.05, 3.63) is 28.4 Å². The minimum atomic E-state index is -0.318. The topological polar surface area (TPSA) is 87.3 Å². The summed E-state index contributed by atoms with van der Waals surface area (Å²) >= 11 is 0. The van der Waals surface area contributed by atoms with Crippen molar-refractivity contribution in [1.29, 1.82) is 0 Å². The summed E-state index contributed by atoms with van der Waals surface area (Å²) < 4.78 is 5.54. The highest BCUT2D eigenvalue weighted by Crippen LogP contribution is 2.19. The van der Waals surface area contributed by atoms with Crippen LogP contribution < -0.4 is 10.9 Å². The summed E-state index contributed by atoms with van der Waals surface area (Å²) in [5, 5.41) is 2.97. The number of carbonyl (C=O) groups is 1. The zero-order valence-corrected chi connectivity index (χ0v) is 11.9. The Kier molecular flexibility index (Phi) is 4.31. The first-order chi connectivity index (χ1) is 10.2. The maximum atomic E-state index is 12.2. The predicted molar refractivity (Wildman–Crippen MR) is 76.1 cm³/mol. The van der Waals surface area contributed by atoms with E-state index in [0.717, 1.165) is 19.3 Å². The monoisotopic (exact) mass is 292 g/mol. The van der Waals surface area contributed by atoms with E-state index in [0.29, 0.717) is 13.2 Å². The van der Waals surface area contributed by atoms with E-state index in [4.69, 9.17) is 4.74 Å². The predicted octanol–water partition coefficient (Wildman–Crippen LogP) is -0.247. The van der Waals surface area contributed by atoms with Gasteiger partial charge in [-0.25, -0.2) is 4.98 Å². The molecule has 0 aliphatic carbocycles. The van der Waals surface area contributed by atoms with Gasteiger partial charge in [-0.3, -0.25) is 14.5 Å². The molecular formula is C14H20N4O3. The number of aromatic nitrogens is 2. The van der Waals surface area contributed by atoms with E-state index in [-0.39, 0.29) is 29.2 Å². The third-order valence-corrected chi connectivity index (χ3v) is 4.13. The Morgan fingerprint density at radius 3 is 2.86 bits per heavy atom. The van der Waals surface area contributed by atoms with Crippen LogP contribution in [0.5, 0.6) is 0 Å². The first-order valence-corrected chi connectivity index (χ1v) is 7.41. The number of hydrogen-bond acceptors (Lipinski definition) is 5. The lowest BCUT2D eigenvalue weighted by molar-refractivity contribution is 0.0894. The van der Waals surface area contributed by atoms with Gasteiger partial charge in [0.15, 0.2) is 0 Å². The van der Waals surface area contributed by atoms with Crippen LogP contribution in [0.2, 0.25) is 0 Å². The fourth-order valence-corrected chi connectivity index (χ4v) is 3.00. The Hall–Kier alpha value is -1.73. The average Bonchev–Trinajstić information content (AvgIpc) is 2.97. The number of nitrogens with zero attached hydrogens (tertiary/aromatic N) is 2. The van der Waals surface area contributed by atoms with Gasteiger partial charge in [0.25, 0.3) is 11.5 Å². The standard InChI is InChI=1S/C14H20N4O3/c19-13-7-15-10(6-16-13)14(20)17-11-8-21-9-12(11)18-4-2-1-3-5-18/h6-7,11-12H,1-5,8-9H2,(H,16,19)(H,17,20)/t11-,12-/m1/s1. The molecule has 21 heavy (non-hydrogen) atoms. The van der Waals surface area contributed by atoms with Gasteiger partial charge in [-0.05, 0) is 25.9 Å². The highest BCUT2D eigenvalue weighted by molar-refractivity contribution is 5.92. The van der Waals surface area contributed by atoms with Gasteiger partial charge < -0.3 is 15.0 Å². The first kappa shape index (κ1) is 14.2. The minimum Gasteiger partial charge on any atom is -0.378 e. The Morgan fingerprint density at radius 1 is 1.33 bits per heavy atom. The molecule has 0 bridgehead atoms. The molecule has 3 heterocycles. The summed E-state index contributed by atoms with van der Waals surface area (Å²) in [4.78, 5) is 31.9. The SMILES string of the molecule is O=C(N[C@@H]1COC[C@H]1N1CCCCC1)c1c[nH]c(=O)cn1. The van der Waals surface area contributed by atoms with Crippen LogP contribution in [-0.2, 0) is 4.74 Å². The van der Waals surface area contributed by atoms with E-state index >= 15 is 0 Å². The van der Waals surface area contributed by atoms with E-state index in [1.807, 2.05) is 0 Å². The number of ether oxygens (including phenoxy) is 1. The van der Waals surface area contributed by atoms with Crippen molar-refractivity contribution in [2.75, 3.05) is 26.3 Å². The smallest absolute Gasteiger partial charge is 0.271 e. The number of likely N-dealkylation sites (tertiary alicyclic amines) is 1. The molecule has 0 aromatic carbocycles. The maximum absolute atomic E-state index is 12.2. The van der Waals surface area contributed by atoms with Gasteiger partial charge in [-0.15, -0.1) is 0 Å². The van der Waals surface area contributed by atoms with Gasteiger partial charge in [-0.1, -0.05) is 6.42 Å². The molecule has 2 saturated heterocycles. The van der Waals surface area contributed by atoms with Crippen molar-refractivity contribution in [2.24, 2.45) is 0 Å². The largest absolute Gasteiger partial charge is 0.378 e. The van der Waals surface area contributed by atoms with Crippen molar-refractivity contribution in [2.45, 2.75) is 31.3 Å². The fraction of sp³-hybridized carbons (Fsp3) is 0.643. The Balaban J connectivity index is 1.64. The summed E-state index contributed by atoms with van der Waals surface area (Å²) in [6.07, 6.45) is 6.14. The molecule has 0 radical (unpaired) electrons. The van der Waals surface area contributed by atoms with Crippen LogP contribution in [0, 0.1) is 0 Å². The maximum Gasteiger partial charge on any atom is 0.271 e. The lowest BCUT2D eigenvalue weighted by atomic mass is 10.0. The lowest BCUT2D eigenvalue weighted by Crippen LogP contribution is -2.52. The van der Waals surface area contributed by atoms with Crippen LogP contribution >= 0.6 is 0 Å². The zero-order valence-electron chi connectivity index (χ0n) is 11.9. The fourth-order valence-electron chi connectivity index (χ4n) is 3.00. The quantitative estimate of drug-likeness (QED) is 0.802. The second-order valence-electron chi connectivity index (χ2n) is 5.58. The van der Waals surface area contributed by atoms with E-state index in [1.54, 1.807) is 0 Å². The van der Waals surface area contributed by atoms with Crippen molar-refractivity contribution in [1.82, 2.24) is 20.2 Å². The van der Waals surface area contributed by atoms with E-state index in [2.05, 4.69) is 20.2 Å². The molecule has 3 rings (SSSR count). The molecular weight excluding hydrogens is 272 g/mol. The molecule has 0 unspecified atom stereocenters. The van der Waals surface area contributed by atoms with Gasteiger partial charge in [0.05, 0.1) is 31.5 Å². The average molecular weight is 292 g/mol. The van der Waals surface area contributed by atoms with E-state index < -0.39 is 0 Å². The summed E-state index contributed by atoms with van der Waals surface area (Å²) in [5.41, 5.74) is -0.0964. The highest BCUT2D eigenvalue weighted by atomic mass is 16.5. The number of nitrogens with one attached hydrogen (secondary N) is 2. The molecule has 2 aliphatic rings. The number of carbonyl (C=O) groups excluding carboxylic acids is 1. The summed E-state index contributed by atoms with van der Waals surface area (Å²) in [5.74, 6) is -0.274. The number of H-pyrrole nitrogens is 1. The molecule has 2 aliphatic heterocycles. The molecule has 2 N–H and O–H groups in total. The van der Waals surface area contributed by atoms with Crippen molar-refractivity contribution in [3.8, 4) is 0 Å². The van der Waals surface area contributed by atoms with Crippen molar-refractivity contribution in [3.63, 3.8) is 0 Å². The molecule has 1 aromatic rings. The van der Waals surface area contributed by atoms with Gasteiger partial charge in [0.1, 0.15) is 5.69 Å². The van der Waals surface area contributed by atoms with Crippen molar-refractivity contribution < 1.29 is 9.53 Å². The zero-order chi connectivity index (χ0) is 14.7. The molecule has 2 atom stereocenters. The highest BCUT2D eigenvalue weighted by Gasteiger charge is 2.34. The number of piperidine rings is 1. The molecule has 0 spiro atoms. The van der Waals surface area contributed by atoms with E-state index in [1.165, 1.54) is 25.5 Å². The number of hydrogen-bond donors (Lipinski definition) is 2. The number of amides is 1. The van der Waals surface area contributed by atoms with Crippen LogP contribution in [0.25, 0.3) is 0 Å². The third-order valence-electron chi connectivity index (χ3n) is 4.13. The molecule has 2 fully saturated rings. The molecule has 1 aromatic heterocycles. The number of aromatic amines is 1. The first-order valence-electron chi connectivity index (χ1n) is 7.41.